The van der Waals surface area contributed by atoms with Crippen LogP contribution in [0.25, 0.3) is 0 Å². The second kappa shape index (κ2) is 2.43. The molecule has 0 heterocycles. The van der Waals surface area contributed by atoms with Gasteiger partial charge in [-0.1, -0.05) is 0 Å². The van der Waals surface area contributed by atoms with Crippen LogP contribution in [0, 0.1) is 0 Å². The summed E-state index contributed by atoms with van der Waals surface area (Å²) in [6.07, 6.45) is 0.944. The van der Waals surface area contributed by atoms with E-state index in [1.807, 2.05) is 6.92 Å². The molecule has 2 N–H and O–H groups in total. The summed E-state index contributed by atoms with van der Waals surface area (Å²) in [6.45, 7) is 2.01. The zero-order valence-corrected chi connectivity index (χ0v) is 4.91. The van der Waals surface area contributed by atoms with E-state index < -0.39 is 0 Å². The molecule has 0 saturated carbocycles. The molecule has 0 amide bonds. The van der Waals surface area contributed by atoms with Crippen LogP contribution in [0.15, 0.2) is 0 Å². The van der Waals surface area contributed by atoms with Crippen LogP contribution < -0.4 is 5.73 Å². The molecule has 0 aromatic rings. The molecule has 0 unspecified atom stereocenters. The Labute approximate surface area is 39.9 Å². The first kappa shape index (κ1) is 5.19. The van der Waals surface area contributed by atoms with E-state index in [9.17, 15) is 0 Å². The monoisotopic (exact) mass is 137 g/mol. The average Bonchev–Trinajstić information content (AvgIpc) is 1.38. The van der Waals surface area contributed by atoms with Crippen LogP contribution in [0.2, 0.25) is 0 Å². The summed E-state index contributed by atoms with van der Waals surface area (Å²) in [7, 11) is 0. The third-order valence-corrected chi connectivity index (χ3v) is 0.954. The molecule has 0 radical (unpaired) electrons. The molecule has 0 spiro atoms. The standard InChI is InChI=1S/C3H7NSe/c1-2-3(4)5/h2H2,1H3,(H2,4,5). The van der Waals surface area contributed by atoms with Crippen molar-refractivity contribution in [3.05, 3.63) is 0 Å². The summed E-state index contributed by atoms with van der Waals surface area (Å²) in [5.74, 6) is 0. The van der Waals surface area contributed by atoms with Crippen molar-refractivity contribution in [3.63, 3.8) is 0 Å². The fourth-order valence-electron chi connectivity index (χ4n) is 0. The van der Waals surface area contributed by atoms with Gasteiger partial charge in [0.15, 0.2) is 0 Å². The normalized spacial score (nSPS) is 7.40. The molecule has 5 heavy (non-hydrogen) atoms. The Morgan fingerprint density at radius 2 is 2.20 bits per heavy atom. The number of nitrogens with two attached hydrogens (primary N) is 1. The van der Waals surface area contributed by atoms with E-state index in [1.165, 1.54) is 0 Å². The number of rotatable bonds is 1. The Balaban J connectivity index is 2.85. The van der Waals surface area contributed by atoms with E-state index in [1.54, 1.807) is 0 Å². The molecule has 0 atom stereocenters. The van der Waals surface area contributed by atoms with Crippen molar-refractivity contribution < 1.29 is 0 Å². The molecule has 0 fully saturated rings. The summed E-state index contributed by atoms with van der Waals surface area (Å²) < 4.78 is 0.880. The van der Waals surface area contributed by atoms with Gasteiger partial charge in [-0.05, 0) is 0 Å². The van der Waals surface area contributed by atoms with Crippen molar-refractivity contribution >= 4 is 20.1 Å². The first-order valence-corrected chi connectivity index (χ1v) is 2.41. The molecule has 30 valence electrons. The molecule has 0 aliphatic heterocycles. The topological polar surface area (TPSA) is 26.0 Å². The van der Waals surface area contributed by atoms with E-state index in [-0.39, 0.29) is 0 Å². The van der Waals surface area contributed by atoms with E-state index in [2.05, 4.69) is 15.6 Å². The molecule has 0 aromatic heterocycles. The number of hydrogen-bond donors (Lipinski definition) is 1. The summed E-state index contributed by atoms with van der Waals surface area (Å²) >= 11 is 2.68. The molecule has 2 heteroatoms. The van der Waals surface area contributed by atoms with Gasteiger partial charge >= 0.3 is 39.2 Å². The minimum absolute atomic E-state index is 0.880. The van der Waals surface area contributed by atoms with E-state index in [0.29, 0.717) is 0 Å². The van der Waals surface area contributed by atoms with Gasteiger partial charge in [0.1, 0.15) is 0 Å². The van der Waals surface area contributed by atoms with Crippen LogP contribution in [0.5, 0.6) is 0 Å². The quantitative estimate of drug-likeness (QED) is 0.490. The van der Waals surface area contributed by atoms with Crippen molar-refractivity contribution in [2.75, 3.05) is 0 Å². The van der Waals surface area contributed by atoms with E-state index >= 15 is 0 Å². The van der Waals surface area contributed by atoms with Crippen molar-refractivity contribution in [3.8, 4) is 0 Å². The molecule has 0 aliphatic carbocycles. The molecule has 0 saturated heterocycles. The van der Waals surface area contributed by atoms with Crippen molar-refractivity contribution in [2.45, 2.75) is 13.3 Å². The Bertz CT molecular complexity index is 42.2. The predicted molar refractivity (Wildman–Crippen MR) is 25.2 cm³/mol. The van der Waals surface area contributed by atoms with Gasteiger partial charge in [0.05, 0.1) is 0 Å². The van der Waals surface area contributed by atoms with Crippen molar-refractivity contribution in [2.24, 2.45) is 5.73 Å². The Morgan fingerprint density at radius 1 is 2.00 bits per heavy atom. The SMILES string of the molecule is CCC(N)=[Se]. The Kier molecular flexibility index (Phi) is 2.52. The maximum atomic E-state index is 5.15. The first-order valence-electron chi connectivity index (χ1n) is 1.55. The van der Waals surface area contributed by atoms with Gasteiger partial charge < -0.3 is 0 Å². The predicted octanol–water partition coefficient (Wildman–Crippen LogP) is -0.346. The fraction of sp³-hybridized carbons (Fsp3) is 0.667. The second-order valence-electron chi connectivity index (χ2n) is 0.820. The zero-order valence-electron chi connectivity index (χ0n) is 3.19. The van der Waals surface area contributed by atoms with Gasteiger partial charge in [0.2, 0.25) is 0 Å². The van der Waals surface area contributed by atoms with Crippen LogP contribution in [-0.4, -0.2) is 20.1 Å². The fourth-order valence-corrected chi connectivity index (χ4v) is 0. The van der Waals surface area contributed by atoms with E-state index in [0.717, 1.165) is 11.0 Å². The van der Waals surface area contributed by atoms with E-state index in [4.69, 9.17) is 5.73 Å². The molecule has 0 aromatic carbocycles. The summed E-state index contributed by atoms with van der Waals surface area (Å²) in [5, 5.41) is 0. The summed E-state index contributed by atoms with van der Waals surface area (Å²) in [6, 6.07) is 0. The average molecular weight is 136 g/mol. The van der Waals surface area contributed by atoms with Gasteiger partial charge in [-0.15, -0.1) is 0 Å². The van der Waals surface area contributed by atoms with Gasteiger partial charge in [-0.3, -0.25) is 0 Å². The van der Waals surface area contributed by atoms with Crippen LogP contribution in [0.3, 0.4) is 0 Å². The second-order valence-corrected chi connectivity index (χ2v) is 1.92. The molecule has 1 nitrogen and oxygen atoms in total. The molecule has 0 rings (SSSR count). The maximum absolute atomic E-state index is 5.15. The third-order valence-electron chi connectivity index (χ3n) is 0.348. The zero-order chi connectivity index (χ0) is 4.28. The summed E-state index contributed by atoms with van der Waals surface area (Å²) in [4.78, 5) is 0. The third kappa shape index (κ3) is 4.19. The van der Waals surface area contributed by atoms with Crippen LogP contribution in [0.1, 0.15) is 13.3 Å². The molecule has 0 bridgehead atoms. The Hall–Kier alpha value is 0.189. The molecular weight excluding hydrogens is 129 g/mol. The van der Waals surface area contributed by atoms with Gasteiger partial charge in [-0.2, -0.15) is 0 Å². The molecular formula is C3H7NSe. The summed E-state index contributed by atoms with van der Waals surface area (Å²) in [5.41, 5.74) is 5.15. The van der Waals surface area contributed by atoms with Crippen LogP contribution >= 0.6 is 0 Å². The van der Waals surface area contributed by atoms with Gasteiger partial charge in [-0.25, -0.2) is 0 Å². The molecule has 0 aliphatic rings. The van der Waals surface area contributed by atoms with Crippen LogP contribution in [-0.2, 0) is 0 Å². The van der Waals surface area contributed by atoms with Gasteiger partial charge in [0, 0.05) is 0 Å². The van der Waals surface area contributed by atoms with Crippen molar-refractivity contribution in [1.82, 2.24) is 0 Å². The minimum atomic E-state index is 0.880. The Morgan fingerprint density at radius 3 is 2.20 bits per heavy atom. The first-order chi connectivity index (χ1) is 2.27. The van der Waals surface area contributed by atoms with Gasteiger partial charge in [0.25, 0.3) is 0 Å². The number of hydrogen-bond acceptors (Lipinski definition) is 1. The van der Waals surface area contributed by atoms with Crippen LogP contribution in [0.4, 0.5) is 0 Å². The van der Waals surface area contributed by atoms with Crippen molar-refractivity contribution in [1.29, 1.82) is 0 Å².